The van der Waals surface area contributed by atoms with Gasteiger partial charge in [0.2, 0.25) is 0 Å². The standard InChI is InChI=1S/C36H26N4/c1-36(2)29-16-8-6-14-26(29)34-32(36)27-15-7-9-17-31(27)40(34)25-18-19-30-28(21-25)33(23-11-4-3-5-12-23)39-35(38-30)24-13-10-20-37-22-24/h3-22H,1-2H3. The van der Waals surface area contributed by atoms with Crippen molar-refractivity contribution in [2.45, 2.75) is 19.3 Å². The van der Waals surface area contributed by atoms with Crippen LogP contribution in [0.2, 0.25) is 0 Å². The van der Waals surface area contributed by atoms with Crippen LogP contribution in [0.4, 0.5) is 0 Å². The topological polar surface area (TPSA) is 43.6 Å². The molecule has 3 heterocycles. The van der Waals surface area contributed by atoms with Crippen molar-refractivity contribution < 1.29 is 0 Å². The Hall–Kier alpha value is -5.09. The van der Waals surface area contributed by atoms with Crippen molar-refractivity contribution in [3.63, 3.8) is 0 Å². The number of rotatable bonds is 3. The molecule has 4 heteroatoms. The molecule has 0 N–H and O–H groups in total. The maximum atomic E-state index is 5.10. The van der Waals surface area contributed by atoms with Gasteiger partial charge in [0.1, 0.15) is 0 Å². The molecule has 0 atom stereocenters. The van der Waals surface area contributed by atoms with Crippen LogP contribution < -0.4 is 0 Å². The number of para-hydroxylation sites is 1. The van der Waals surface area contributed by atoms with Gasteiger partial charge in [-0.1, -0.05) is 86.6 Å². The molecule has 0 amide bonds. The van der Waals surface area contributed by atoms with Crippen molar-refractivity contribution in [1.82, 2.24) is 19.5 Å². The molecule has 1 aliphatic carbocycles. The third-order valence-electron chi connectivity index (χ3n) is 8.26. The maximum absolute atomic E-state index is 5.10. The third kappa shape index (κ3) is 3.23. The van der Waals surface area contributed by atoms with Crippen molar-refractivity contribution in [3.8, 4) is 39.6 Å². The summed E-state index contributed by atoms with van der Waals surface area (Å²) in [7, 11) is 0. The van der Waals surface area contributed by atoms with Crippen LogP contribution in [0.5, 0.6) is 0 Å². The zero-order valence-electron chi connectivity index (χ0n) is 22.3. The largest absolute Gasteiger partial charge is 0.309 e. The highest BCUT2D eigenvalue weighted by atomic mass is 15.0. The van der Waals surface area contributed by atoms with Crippen LogP contribution in [-0.2, 0) is 5.41 Å². The molecule has 0 aliphatic heterocycles. The molecule has 40 heavy (non-hydrogen) atoms. The Morgan fingerprint density at radius 3 is 2.30 bits per heavy atom. The molecule has 0 unspecified atom stereocenters. The average molecular weight is 515 g/mol. The van der Waals surface area contributed by atoms with Crippen molar-refractivity contribution in [2.24, 2.45) is 0 Å². The summed E-state index contributed by atoms with van der Waals surface area (Å²) in [5, 5.41) is 2.32. The summed E-state index contributed by atoms with van der Waals surface area (Å²) < 4.78 is 2.43. The Balaban J connectivity index is 1.44. The molecule has 0 bridgehead atoms. The van der Waals surface area contributed by atoms with E-state index in [9.17, 15) is 0 Å². The van der Waals surface area contributed by atoms with Crippen molar-refractivity contribution in [3.05, 3.63) is 133 Å². The monoisotopic (exact) mass is 514 g/mol. The number of fused-ring (bicyclic) bond motifs is 6. The summed E-state index contributed by atoms with van der Waals surface area (Å²) in [4.78, 5) is 14.4. The molecular weight excluding hydrogens is 488 g/mol. The highest BCUT2D eigenvalue weighted by Gasteiger charge is 2.40. The Bertz CT molecular complexity index is 2070. The molecule has 4 nitrogen and oxygen atoms in total. The Kier molecular flexibility index (Phi) is 4.83. The number of aromatic nitrogens is 4. The predicted molar refractivity (Wildman–Crippen MR) is 163 cm³/mol. The molecular formula is C36H26N4. The summed E-state index contributed by atoms with van der Waals surface area (Å²) >= 11 is 0. The number of benzene rings is 4. The maximum Gasteiger partial charge on any atom is 0.161 e. The number of pyridine rings is 1. The van der Waals surface area contributed by atoms with Crippen molar-refractivity contribution in [2.75, 3.05) is 0 Å². The lowest BCUT2D eigenvalue weighted by Crippen LogP contribution is -2.14. The molecule has 0 saturated heterocycles. The van der Waals surface area contributed by atoms with Gasteiger partial charge < -0.3 is 4.57 Å². The van der Waals surface area contributed by atoms with E-state index in [1.54, 1.807) is 6.20 Å². The molecule has 0 spiro atoms. The second-order valence-electron chi connectivity index (χ2n) is 11.0. The van der Waals surface area contributed by atoms with Gasteiger partial charge in [-0.15, -0.1) is 0 Å². The SMILES string of the molecule is CC1(C)c2ccccc2-c2c1c1ccccc1n2-c1ccc2nc(-c3cccnc3)nc(-c3ccccc3)c2c1. The van der Waals surface area contributed by atoms with E-state index in [0.29, 0.717) is 5.82 Å². The van der Waals surface area contributed by atoms with Crippen LogP contribution in [0.25, 0.3) is 61.4 Å². The van der Waals surface area contributed by atoms with Gasteiger partial charge in [0.15, 0.2) is 5.82 Å². The molecule has 1 aliphatic rings. The van der Waals surface area contributed by atoms with Crippen molar-refractivity contribution in [1.29, 1.82) is 0 Å². The molecule has 0 saturated carbocycles. The summed E-state index contributed by atoms with van der Waals surface area (Å²) in [5.74, 6) is 0.676. The second-order valence-corrected chi connectivity index (χ2v) is 11.0. The summed E-state index contributed by atoms with van der Waals surface area (Å²) in [6, 6.07) is 38.5. The summed E-state index contributed by atoms with van der Waals surface area (Å²) in [6.07, 6.45) is 3.59. The summed E-state index contributed by atoms with van der Waals surface area (Å²) in [6.45, 7) is 4.69. The zero-order valence-corrected chi connectivity index (χ0v) is 22.3. The van der Waals surface area contributed by atoms with E-state index in [0.717, 1.165) is 33.4 Å². The zero-order chi connectivity index (χ0) is 26.8. The summed E-state index contributed by atoms with van der Waals surface area (Å²) in [5.41, 5.74) is 11.3. The number of nitrogens with zero attached hydrogens (tertiary/aromatic N) is 4. The first-order valence-corrected chi connectivity index (χ1v) is 13.6. The second kappa shape index (κ2) is 8.45. The molecule has 4 aromatic carbocycles. The fourth-order valence-corrected chi connectivity index (χ4v) is 6.46. The molecule has 3 aromatic heterocycles. The van der Waals surface area contributed by atoms with Crippen LogP contribution in [0, 0.1) is 0 Å². The first-order chi connectivity index (χ1) is 19.6. The van der Waals surface area contributed by atoms with Gasteiger partial charge in [-0.05, 0) is 47.5 Å². The Morgan fingerprint density at radius 2 is 1.45 bits per heavy atom. The van der Waals surface area contributed by atoms with E-state index in [1.807, 2.05) is 24.4 Å². The highest BCUT2D eigenvalue weighted by molar-refractivity contribution is 6.01. The molecule has 7 aromatic rings. The minimum absolute atomic E-state index is 0.0927. The quantitative estimate of drug-likeness (QED) is 0.237. The van der Waals surface area contributed by atoms with E-state index >= 15 is 0 Å². The van der Waals surface area contributed by atoms with Gasteiger partial charge in [-0.2, -0.15) is 0 Å². The predicted octanol–water partition coefficient (Wildman–Crippen LogP) is 8.61. The minimum atomic E-state index is -0.0927. The first-order valence-electron chi connectivity index (χ1n) is 13.6. The van der Waals surface area contributed by atoms with E-state index in [1.165, 1.54) is 33.3 Å². The lowest BCUT2D eigenvalue weighted by Gasteiger charge is -2.21. The molecule has 0 fully saturated rings. The van der Waals surface area contributed by atoms with Gasteiger partial charge in [-0.3, -0.25) is 4.98 Å². The highest BCUT2D eigenvalue weighted by Crippen LogP contribution is 2.53. The lowest BCUT2D eigenvalue weighted by molar-refractivity contribution is 0.666. The van der Waals surface area contributed by atoms with Gasteiger partial charge in [0, 0.05) is 51.0 Å². The minimum Gasteiger partial charge on any atom is -0.309 e. The van der Waals surface area contributed by atoms with Crippen molar-refractivity contribution >= 4 is 21.8 Å². The molecule has 8 rings (SSSR count). The van der Waals surface area contributed by atoms with Crippen LogP contribution in [0.15, 0.2) is 122 Å². The Labute approximate surface area is 232 Å². The normalized spacial score (nSPS) is 13.4. The lowest BCUT2D eigenvalue weighted by atomic mass is 9.81. The van der Waals surface area contributed by atoms with Crippen LogP contribution in [0.3, 0.4) is 0 Å². The fourth-order valence-electron chi connectivity index (χ4n) is 6.46. The van der Waals surface area contributed by atoms with Gasteiger partial charge in [-0.25, -0.2) is 9.97 Å². The smallest absolute Gasteiger partial charge is 0.161 e. The van der Waals surface area contributed by atoms with Crippen LogP contribution >= 0.6 is 0 Å². The van der Waals surface area contributed by atoms with E-state index in [4.69, 9.17) is 9.97 Å². The fraction of sp³-hybridized carbons (Fsp3) is 0.0833. The van der Waals surface area contributed by atoms with Gasteiger partial charge in [0.05, 0.1) is 22.4 Å². The van der Waals surface area contributed by atoms with Gasteiger partial charge >= 0.3 is 0 Å². The van der Waals surface area contributed by atoms with E-state index in [-0.39, 0.29) is 5.41 Å². The molecule has 0 radical (unpaired) electrons. The number of hydrogen-bond acceptors (Lipinski definition) is 3. The third-order valence-corrected chi connectivity index (χ3v) is 8.26. The van der Waals surface area contributed by atoms with Gasteiger partial charge in [0.25, 0.3) is 0 Å². The van der Waals surface area contributed by atoms with E-state index < -0.39 is 0 Å². The van der Waals surface area contributed by atoms with Crippen LogP contribution in [-0.4, -0.2) is 19.5 Å². The number of hydrogen-bond donors (Lipinski definition) is 0. The van der Waals surface area contributed by atoms with E-state index in [2.05, 4.69) is 114 Å². The van der Waals surface area contributed by atoms with Crippen LogP contribution in [0.1, 0.15) is 25.0 Å². The molecule has 190 valence electrons. The Morgan fingerprint density at radius 1 is 0.675 bits per heavy atom. The first kappa shape index (κ1) is 22.9. The average Bonchev–Trinajstić information content (AvgIpc) is 3.48.